The van der Waals surface area contributed by atoms with Crippen molar-refractivity contribution in [1.29, 1.82) is 0 Å². The monoisotopic (exact) mass is 475 g/mol. The summed E-state index contributed by atoms with van der Waals surface area (Å²) in [6.45, 7) is 2.43. The summed E-state index contributed by atoms with van der Waals surface area (Å²) in [5.41, 5.74) is -1.56. The molecule has 12 heteroatoms. The van der Waals surface area contributed by atoms with Gasteiger partial charge in [-0.3, -0.25) is 0 Å². The van der Waals surface area contributed by atoms with E-state index in [9.17, 15) is 30.7 Å². The largest absolute Gasteiger partial charge is 0.416 e. The number of benzene rings is 1. The Morgan fingerprint density at radius 1 is 0.939 bits per heavy atom. The van der Waals surface area contributed by atoms with E-state index in [1.54, 1.807) is 20.8 Å². The highest BCUT2D eigenvalue weighted by Crippen LogP contribution is 2.43. The van der Waals surface area contributed by atoms with E-state index in [-0.39, 0.29) is 34.9 Å². The molecule has 0 bridgehead atoms. The summed E-state index contributed by atoms with van der Waals surface area (Å²) in [6, 6.07) is 4.98. The summed E-state index contributed by atoms with van der Waals surface area (Å²) < 4.78 is 97.1. The molecule has 0 N–H and O–H groups in total. The zero-order valence-corrected chi connectivity index (χ0v) is 17.9. The van der Waals surface area contributed by atoms with E-state index >= 15 is 0 Å². The Hall–Kier alpha value is -2.92. The van der Waals surface area contributed by atoms with Crippen LogP contribution in [0.15, 0.2) is 30.6 Å². The maximum Gasteiger partial charge on any atom is 0.416 e. The maximum absolute atomic E-state index is 13.9. The molecular weight excluding hydrogens is 455 g/mol. The molecule has 0 unspecified atom stereocenters. The number of hydrogen-bond acceptors (Lipinski definition) is 4. The van der Waals surface area contributed by atoms with Crippen LogP contribution in [-0.4, -0.2) is 44.5 Å². The van der Waals surface area contributed by atoms with E-state index in [1.165, 1.54) is 29.1 Å². The highest BCUT2D eigenvalue weighted by Gasteiger charge is 2.63. The Labute approximate surface area is 184 Å². The lowest BCUT2D eigenvalue weighted by Crippen LogP contribution is -2.38. The molecule has 178 valence electrons. The first-order valence-electron chi connectivity index (χ1n) is 9.99. The van der Waals surface area contributed by atoms with Crippen LogP contribution in [0.5, 0.6) is 0 Å². The Bertz CT molecular complexity index is 1180. The first kappa shape index (κ1) is 23.2. The zero-order valence-electron chi connectivity index (χ0n) is 17.9. The van der Waals surface area contributed by atoms with Gasteiger partial charge in [0, 0.05) is 5.41 Å². The van der Waals surface area contributed by atoms with Gasteiger partial charge in [0.25, 0.3) is 0 Å². The third kappa shape index (κ3) is 4.10. The quantitative estimate of drug-likeness (QED) is 0.484. The van der Waals surface area contributed by atoms with E-state index in [4.69, 9.17) is 0 Å². The van der Waals surface area contributed by atoms with Gasteiger partial charge >= 0.3 is 18.0 Å². The molecule has 1 aliphatic heterocycles. The van der Waals surface area contributed by atoms with Crippen molar-refractivity contribution in [3.8, 4) is 0 Å². The molecule has 1 aliphatic rings. The van der Waals surface area contributed by atoms with Crippen molar-refractivity contribution < 1.29 is 30.7 Å². The molecule has 1 aromatic carbocycles. The van der Waals surface area contributed by atoms with Gasteiger partial charge < -0.3 is 9.47 Å². The van der Waals surface area contributed by atoms with Crippen LogP contribution < -0.4 is 4.90 Å². The van der Waals surface area contributed by atoms with Crippen LogP contribution >= 0.6 is 0 Å². The smallest absolute Gasteiger partial charge is 0.342 e. The van der Waals surface area contributed by atoms with Gasteiger partial charge in [0.05, 0.1) is 31.5 Å². The molecule has 0 aliphatic carbocycles. The van der Waals surface area contributed by atoms with Gasteiger partial charge in [0.1, 0.15) is 5.82 Å². The number of halogens is 7. The van der Waals surface area contributed by atoms with Crippen molar-refractivity contribution in [3.63, 3.8) is 0 Å². The third-order valence-corrected chi connectivity index (χ3v) is 5.39. The van der Waals surface area contributed by atoms with Crippen LogP contribution in [0.25, 0.3) is 11.2 Å². The van der Waals surface area contributed by atoms with Gasteiger partial charge in [-0.25, -0.2) is 15.0 Å². The molecule has 1 fully saturated rings. The summed E-state index contributed by atoms with van der Waals surface area (Å²) in [6.07, 6.45) is -3.38. The van der Waals surface area contributed by atoms with Crippen molar-refractivity contribution >= 4 is 17.0 Å². The van der Waals surface area contributed by atoms with Crippen molar-refractivity contribution in [3.05, 3.63) is 47.5 Å². The van der Waals surface area contributed by atoms with E-state index in [2.05, 4.69) is 15.0 Å². The van der Waals surface area contributed by atoms with Crippen LogP contribution in [0, 0.1) is 0 Å². The highest BCUT2D eigenvalue weighted by atomic mass is 19.4. The molecule has 2 aromatic heterocycles. The topological polar surface area (TPSA) is 46.8 Å². The van der Waals surface area contributed by atoms with Crippen LogP contribution in [-0.2, 0) is 18.1 Å². The second-order valence-corrected chi connectivity index (χ2v) is 9.09. The van der Waals surface area contributed by atoms with Crippen LogP contribution in [0.4, 0.5) is 36.6 Å². The van der Waals surface area contributed by atoms with Crippen LogP contribution in [0.2, 0.25) is 0 Å². The van der Waals surface area contributed by atoms with Crippen molar-refractivity contribution in [2.75, 3.05) is 18.0 Å². The van der Waals surface area contributed by atoms with Crippen molar-refractivity contribution in [2.45, 2.75) is 50.8 Å². The molecule has 1 saturated heterocycles. The SMILES string of the molecule is CC(C)(C)c1nc(N2CC(F)(F)C(F)(F)C2)c2ncn(Cc3ccccc3C(F)(F)F)c2n1. The summed E-state index contributed by atoms with van der Waals surface area (Å²) >= 11 is 0. The number of nitrogens with zero attached hydrogens (tertiary/aromatic N) is 5. The molecule has 0 amide bonds. The number of hydrogen-bond donors (Lipinski definition) is 0. The van der Waals surface area contributed by atoms with E-state index in [0.29, 0.717) is 0 Å². The zero-order chi connectivity index (χ0) is 24.4. The van der Waals surface area contributed by atoms with E-state index < -0.39 is 42.1 Å². The molecule has 33 heavy (non-hydrogen) atoms. The lowest BCUT2D eigenvalue weighted by atomic mass is 9.96. The van der Waals surface area contributed by atoms with Gasteiger partial charge in [-0.1, -0.05) is 39.0 Å². The predicted octanol–water partition coefficient (Wildman–Crippen LogP) is 5.28. The Morgan fingerprint density at radius 2 is 1.55 bits per heavy atom. The minimum Gasteiger partial charge on any atom is -0.342 e. The van der Waals surface area contributed by atoms with Crippen molar-refractivity contribution in [1.82, 2.24) is 19.5 Å². The normalized spacial score (nSPS) is 18.3. The van der Waals surface area contributed by atoms with Gasteiger partial charge in [0.15, 0.2) is 17.0 Å². The van der Waals surface area contributed by atoms with Gasteiger partial charge in [-0.05, 0) is 11.6 Å². The molecule has 5 nitrogen and oxygen atoms in total. The fourth-order valence-corrected chi connectivity index (χ4v) is 3.64. The number of aromatic nitrogens is 4. The first-order chi connectivity index (χ1) is 15.1. The molecule has 0 atom stereocenters. The second-order valence-electron chi connectivity index (χ2n) is 9.09. The minimum atomic E-state index is -4.59. The first-order valence-corrected chi connectivity index (χ1v) is 9.99. The third-order valence-electron chi connectivity index (χ3n) is 5.39. The number of alkyl halides is 7. The number of fused-ring (bicyclic) bond motifs is 1. The lowest BCUT2D eigenvalue weighted by Gasteiger charge is -2.22. The molecule has 0 spiro atoms. The van der Waals surface area contributed by atoms with E-state index in [0.717, 1.165) is 11.0 Å². The van der Waals surface area contributed by atoms with Gasteiger partial charge in [0.2, 0.25) is 0 Å². The molecule has 3 heterocycles. The molecule has 0 saturated carbocycles. The van der Waals surface area contributed by atoms with Crippen molar-refractivity contribution in [2.24, 2.45) is 0 Å². The Balaban J connectivity index is 1.85. The molecule has 4 rings (SSSR count). The maximum atomic E-state index is 13.9. The van der Waals surface area contributed by atoms with Crippen LogP contribution in [0.1, 0.15) is 37.7 Å². The average Bonchev–Trinajstić information content (AvgIpc) is 3.17. The number of imidazole rings is 1. The minimum absolute atomic E-state index is 0.0408. The Morgan fingerprint density at radius 3 is 2.12 bits per heavy atom. The van der Waals surface area contributed by atoms with E-state index in [1.807, 2.05) is 0 Å². The summed E-state index contributed by atoms with van der Waals surface area (Å²) in [5.74, 6) is -8.57. The summed E-state index contributed by atoms with van der Waals surface area (Å²) in [4.78, 5) is 13.5. The summed E-state index contributed by atoms with van der Waals surface area (Å²) in [5, 5.41) is 0. The highest BCUT2D eigenvalue weighted by molar-refractivity contribution is 5.84. The molecule has 0 radical (unpaired) electrons. The fourth-order valence-electron chi connectivity index (χ4n) is 3.64. The molecular formula is C21H20F7N5. The Kier molecular flexibility index (Phi) is 5.14. The predicted molar refractivity (Wildman–Crippen MR) is 107 cm³/mol. The average molecular weight is 475 g/mol. The number of anilines is 1. The fraction of sp³-hybridized carbons (Fsp3) is 0.476. The second kappa shape index (κ2) is 7.29. The van der Waals surface area contributed by atoms with Gasteiger partial charge in [-0.15, -0.1) is 0 Å². The summed E-state index contributed by atoms with van der Waals surface area (Å²) in [7, 11) is 0. The lowest BCUT2D eigenvalue weighted by molar-refractivity contribution is -0.172. The number of rotatable bonds is 3. The van der Waals surface area contributed by atoms with Gasteiger partial charge in [-0.2, -0.15) is 30.7 Å². The van der Waals surface area contributed by atoms with Crippen LogP contribution in [0.3, 0.4) is 0 Å². The molecule has 3 aromatic rings. The standard InChI is InChI=1S/C21H20F7N5/c1-18(2,3)17-30-15-14(16(31-17)33-9-19(22,23)20(24,25)10-33)29-11-32(15)8-12-6-4-5-7-13(12)21(26,27)28/h4-7,11H,8-10H2,1-3H3.